The smallest absolute Gasteiger partial charge is 0.319 e. The molecule has 0 aromatic heterocycles. The molecule has 1 aromatic carbocycles. The lowest BCUT2D eigenvalue weighted by Gasteiger charge is -2.18. The van der Waals surface area contributed by atoms with E-state index in [4.69, 9.17) is 16.3 Å². The van der Waals surface area contributed by atoms with Crippen LogP contribution in [-0.4, -0.2) is 23.2 Å². The van der Waals surface area contributed by atoms with Crippen LogP contribution in [0.4, 0.5) is 10.1 Å². The van der Waals surface area contributed by atoms with Crippen molar-refractivity contribution in [1.82, 2.24) is 0 Å². The maximum absolute atomic E-state index is 14.2. The van der Waals surface area contributed by atoms with Crippen molar-refractivity contribution >= 4 is 40.9 Å². The Morgan fingerprint density at radius 1 is 1.23 bits per heavy atom. The van der Waals surface area contributed by atoms with E-state index in [1.54, 1.807) is 13.8 Å². The predicted molar refractivity (Wildman–Crippen MR) is 105 cm³/mol. The molecule has 3 atom stereocenters. The highest BCUT2D eigenvalue weighted by atomic mass is 35.5. The average molecular weight is 404 g/mol. The molecule has 0 radical (unpaired) electrons. The molecule has 0 heterocycles. The van der Waals surface area contributed by atoms with E-state index >= 15 is 0 Å². The van der Waals surface area contributed by atoms with Crippen LogP contribution in [0.2, 0.25) is 5.02 Å². The molecule has 3 unspecified atom stereocenters. The summed E-state index contributed by atoms with van der Waals surface area (Å²) in [6.07, 6.45) is 0.562. The number of rotatable bonds is 8. The summed E-state index contributed by atoms with van der Waals surface area (Å²) in [6.45, 7) is 11.1. The van der Waals surface area contributed by atoms with Crippen LogP contribution < -0.4 is 5.32 Å². The summed E-state index contributed by atoms with van der Waals surface area (Å²) in [5.41, 5.74) is 0.0527. The molecule has 1 amide bonds. The Hall–Kier alpha value is -1.27. The van der Waals surface area contributed by atoms with Gasteiger partial charge in [0.25, 0.3) is 0 Å². The molecule has 0 aliphatic heterocycles. The van der Waals surface area contributed by atoms with Crippen LogP contribution in [0, 0.1) is 17.7 Å². The zero-order valence-corrected chi connectivity index (χ0v) is 17.6. The van der Waals surface area contributed by atoms with Crippen LogP contribution in [0.3, 0.4) is 0 Å². The highest BCUT2D eigenvalue weighted by Gasteiger charge is 2.22. The SMILES string of the molecule is CCC(C)OC(=O)C(C)Sc1cc(NC(=O)C(C)C(C)C)c(F)cc1Cl. The number of benzene rings is 1. The van der Waals surface area contributed by atoms with E-state index in [2.05, 4.69) is 5.32 Å². The molecule has 0 aliphatic rings. The molecule has 1 rings (SSSR count). The van der Waals surface area contributed by atoms with E-state index in [0.29, 0.717) is 4.90 Å². The van der Waals surface area contributed by atoms with E-state index in [0.717, 1.165) is 12.5 Å². The number of halogens is 2. The number of carbonyl (C=O) groups excluding carboxylic acids is 2. The summed E-state index contributed by atoms with van der Waals surface area (Å²) in [4.78, 5) is 24.8. The minimum Gasteiger partial charge on any atom is -0.462 e. The molecule has 0 saturated heterocycles. The van der Waals surface area contributed by atoms with Gasteiger partial charge in [-0.2, -0.15) is 0 Å². The van der Waals surface area contributed by atoms with Crippen LogP contribution >= 0.6 is 23.4 Å². The lowest BCUT2D eigenvalue weighted by molar-refractivity contribution is -0.147. The molecule has 0 spiro atoms. The number of thioether (sulfide) groups is 1. The molecule has 0 fully saturated rings. The Morgan fingerprint density at radius 2 is 1.85 bits per heavy atom. The van der Waals surface area contributed by atoms with Crippen molar-refractivity contribution < 1.29 is 18.7 Å². The average Bonchev–Trinajstić information content (AvgIpc) is 2.57. The van der Waals surface area contributed by atoms with E-state index in [-0.39, 0.29) is 40.5 Å². The summed E-state index contributed by atoms with van der Waals surface area (Å²) in [5.74, 6) is -1.36. The third-order valence-corrected chi connectivity index (χ3v) is 5.78. The van der Waals surface area contributed by atoms with Crippen LogP contribution in [-0.2, 0) is 14.3 Å². The number of esters is 1. The first-order valence-corrected chi connectivity index (χ1v) is 9.99. The van der Waals surface area contributed by atoms with E-state index < -0.39 is 11.1 Å². The van der Waals surface area contributed by atoms with Crippen LogP contribution in [0.15, 0.2) is 17.0 Å². The first-order chi connectivity index (χ1) is 12.1. The summed E-state index contributed by atoms with van der Waals surface area (Å²) in [5, 5.41) is 2.28. The molecule has 0 saturated carbocycles. The number of hydrogen-bond donors (Lipinski definition) is 1. The van der Waals surface area contributed by atoms with Crippen LogP contribution in [0.25, 0.3) is 0 Å². The minimum atomic E-state index is -0.613. The summed E-state index contributed by atoms with van der Waals surface area (Å²) < 4.78 is 19.5. The second kappa shape index (κ2) is 10.2. The van der Waals surface area contributed by atoms with Crippen molar-refractivity contribution in [2.75, 3.05) is 5.32 Å². The molecule has 26 heavy (non-hydrogen) atoms. The molecule has 1 N–H and O–H groups in total. The van der Waals surface area contributed by atoms with Crippen LogP contribution in [0.5, 0.6) is 0 Å². The first kappa shape index (κ1) is 22.8. The van der Waals surface area contributed by atoms with Crippen molar-refractivity contribution in [2.24, 2.45) is 11.8 Å². The first-order valence-electron chi connectivity index (χ1n) is 8.73. The number of nitrogens with one attached hydrogen (secondary N) is 1. The summed E-state index contributed by atoms with van der Waals surface area (Å²) in [7, 11) is 0. The largest absolute Gasteiger partial charge is 0.462 e. The van der Waals surface area contributed by atoms with Crippen molar-refractivity contribution in [3.8, 4) is 0 Å². The van der Waals surface area contributed by atoms with Crippen molar-refractivity contribution in [2.45, 2.75) is 64.2 Å². The van der Waals surface area contributed by atoms with Gasteiger partial charge in [-0.05, 0) is 38.3 Å². The molecule has 7 heteroatoms. The molecule has 4 nitrogen and oxygen atoms in total. The lowest BCUT2D eigenvalue weighted by Crippen LogP contribution is -2.25. The maximum atomic E-state index is 14.2. The number of amides is 1. The molecular formula is C19H27ClFNO3S. The number of anilines is 1. The lowest BCUT2D eigenvalue weighted by atomic mass is 9.97. The van der Waals surface area contributed by atoms with Gasteiger partial charge in [0.05, 0.1) is 16.8 Å². The van der Waals surface area contributed by atoms with Gasteiger partial charge in [0.15, 0.2) is 0 Å². The van der Waals surface area contributed by atoms with E-state index in [9.17, 15) is 14.0 Å². The Morgan fingerprint density at radius 3 is 2.38 bits per heavy atom. The fraction of sp³-hybridized carbons (Fsp3) is 0.579. The third-order valence-electron chi connectivity index (χ3n) is 4.22. The van der Waals surface area contributed by atoms with Gasteiger partial charge < -0.3 is 10.1 Å². The van der Waals surface area contributed by atoms with Crippen molar-refractivity contribution in [3.63, 3.8) is 0 Å². The predicted octanol–water partition coefficient (Wildman–Crippen LogP) is 5.53. The Bertz CT molecular complexity index is 654. The molecule has 0 bridgehead atoms. The van der Waals surface area contributed by atoms with Gasteiger partial charge in [-0.3, -0.25) is 9.59 Å². The van der Waals surface area contributed by atoms with Gasteiger partial charge in [0, 0.05) is 10.8 Å². The number of hydrogen-bond acceptors (Lipinski definition) is 4. The molecule has 1 aromatic rings. The van der Waals surface area contributed by atoms with Crippen molar-refractivity contribution in [3.05, 3.63) is 23.0 Å². The highest BCUT2D eigenvalue weighted by molar-refractivity contribution is 8.00. The second-order valence-corrected chi connectivity index (χ2v) is 8.49. The Balaban J connectivity index is 2.93. The van der Waals surface area contributed by atoms with Gasteiger partial charge in [-0.25, -0.2) is 4.39 Å². The maximum Gasteiger partial charge on any atom is 0.319 e. The fourth-order valence-corrected chi connectivity index (χ4v) is 3.05. The Kier molecular flexibility index (Phi) is 8.90. The normalized spacial score (nSPS) is 14.7. The summed E-state index contributed by atoms with van der Waals surface area (Å²) >= 11 is 7.28. The fourth-order valence-electron chi connectivity index (χ4n) is 1.88. The van der Waals surface area contributed by atoms with Gasteiger partial charge in [0.2, 0.25) is 5.91 Å². The Labute approximate surface area is 164 Å². The standard InChI is InChI=1S/C19H27ClFNO3S/c1-7-11(4)25-19(24)13(6)26-17-9-16(15(21)8-14(17)20)22-18(23)12(5)10(2)3/h8-13H,7H2,1-6H3,(H,22,23). The highest BCUT2D eigenvalue weighted by Crippen LogP contribution is 2.35. The quantitative estimate of drug-likeness (QED) is 0.457. The number of carbonyl (C=O) groups is 2. The third kappa shape index (κ3) is 6.47. The topological polar surface area (TPSA) is 55.4 Å². The minimum absolute atomic E-state index is 0.0527. The van der Waals surface area contributed by atoms with E-state index in [1.807, 2.05) is 27.7 Å². The second-order valence-electron chi connectivity index (χ2n) is 6.70. The van der Waals surface area contributed by atoms with E-state index in [1.165, 1.54) is 17.8 Å². The molecular weight excluding hydrogens is 377 g/mol. The zero-order chi connectivity index (χ0) is 20.0. The van der Waals surface area contributed by atoms with Crippen molar-refractivity contribution in [1.29, 1.82) is 0 Å². The molecule has 146 valence electrons. The number of ether oxygens (including phenoxy) is 1. The monoisotopic (exact) mass is 403 g/mol. The zero-order valence-electron chi connectivity index (χ0n) is 16.1. The summed E-state index contributed by atoms with van der Waals surface area (Å²) in [6, 6.07) is 2.60. The van der Waals surface area contributed by atoms with Crippen LogP contribution in [0.1, 0.15) is 48.0 Å². The van der Waals surface area contributed by atoms with Gasteiger partial charge in [-0.15, -0.1) is 11.8 Å². The van der Waals surface area contributed by atoms with Gasteiger partial charge in [0.1, 0.15) is 11.1 Å². The van der Waals surface area contributed by atoms with Gasteiger partial charge in [-0.1, -0.05) is 39.3 Å². The molecule has 0 aliphatic carbocycles. The van der Waals surface area contributed by atoms with Gasteiger partial charge >= 0.3 is 5.97 Å².